The molecule has 1 aliphatic heterocycles. The van der Waals surface area contributed by atoms with Gasteiger partial charge < -0.3 is 15.8 Å². The Morgan fingerprint density at radius 2 is 1.97 bits per heavy atom. The highest BCUT2D eigenvalue weighted by atomic mass is 35.5. The zero-order valence-electron chi connectivity index (χ0n) is 16.0. The first-order valence-electron chi connectivity index (χ1n) is 9.47. The molecule has 1 fully saturated rings. The van der Waals surface area contributed by atoms with Crippen molar-refractivity contribution in [2.75, 3.05) is 11.1 Å². The van der Waals surface area contributed by atoms with Crippen LogP contribution in [0.1, 0.15) is 24.0 Å². The zero-order valence-corrected chi connectivity index (χ0v) is 16.8. The molecule has 4 nitrogen and oxygen atoms in total. The van der Waals surface area contributed by atoms with Gasteiger partial charge in [0.15, 0.2) is 11.5 Å². The van der Waals surface area contributed by atoms with E-state index in [2.05, 4.69) is 17.2 Å². The average Bonchev–Trinajstić information content (AvgIpc) is 3.51. The summed E-state index contributed by atoms with van der Waals surface area (Å²) in [6.07, 6.45) is -5.58. The quantitative estimate of drug-likeness (QED) is 0.399. The lowest BCUT2D eigenvalue weighted by molar-refractivity contribution is -0.208. The van der Waals surface area contributed by atoms with Gasteiger partial charge in [-0.25, -0.2) is 4.39 Å². The van der Waals surface area contributed by atoms with Crippen LogP contribution in [0.4, 0.5) is 28.9 Å². The predicted octanol–water partition coefficient (Wildman–Crippen LogP) is 4.81. The molecule has 2 aliphatic rings. The molecule has 3 N–H and O–H groups in total. The van der Waals surface area contributed by atoms with Gasteiger partial charge >= 0.3 is 6.18 Å². The number of amides is 1. The predicted molar refractivity (Wildman–Crippen MR) is 108 cm³/mol. The van der Waals surface area contributed by atoms with Crippen molar-refractivity contribution in [3.63, 3.8) is 0 Å². The van der Waals surface area contributed by atoms with Gasteiger partial charge in [-0.2, -0.15) is 13.2 Å². The topological polar surface area (TPSA) is 64.3 Å². The molecule has 0 aromatic heterocycles. The van der Waals surface area contributed by atoms with Crippen molar-refractivity contribution >= 4 is 28.9 Å². The van der Waals surface area contributed by atoms with Crippen LogP contribution in [0, 0.1) is 23.6 Å². The second kappa shape index (κ2) is 7.74. The molecular weight excluding hydrogens is 436 g/mol. The summed E-state index contributed by atoms with van der Waals surface area (Å²) in [5, 5.41) is 2.51. The van der Waals surface area contributed by atoms with Crippen LogP contribution in [0.15, 0.2) is 36.4 Å². The maximum atomic E-state index is 14.7. The molecule has 0 spiro atoms. The number of nitrogen functional groups attached to an aromatic ring is 1. The van der Waals surface area contributed by atoms with E-state index in [0.717, 1.165) is 12.1 Å². The highest BCUT2D eigenvalue weighted by Gasteiger charge is 2.65. The number of alkyl halides is 3. The Balaban J connectivity index is 1.81. The van der Waals surface area contributed by atoms with Gasteiger partial charge in [-0.3, -0.25) is 4.79 Å². The molecule has 1 heterocycles. The van der Waals surface area contributed by atoms with Crippen molar-refractivity contribution in [1.29, 1.82) is 0 Å². The molecule has 0 saturated heterocycles. The van der Waals surface area contributed by atoms with Gasteiger partial charge in [0.05, 0.1) is 12.3 Å². The van der Waals surface area contributed by atoms with E-state index in [1.54, 1.807) is 0 Å². The lowest BCUT2D eigenvalue weighted by atomic mass is 9.71. The molecule has 162 valence electrons. The fourth-order valence-electron chi connectivity index (χ4n) is 3.48. The van der Waals surface area contributed by atoms with Crippen LogP contribution in [0.5, 0.6) is 0 Å². The molecule has 2 atom stereocenters. The van der Waals surface area contributed by atoms with E-state index in [9.17, 15) is 22.4 Å². The maximum Gasteiger partial charge on any atom is 0.412 e. The van der Waals surface area contributed by atoms with Crippen molar-refractivity contribution in [3.05, 3.63) is 58.4 Å². The summed E-state index contributed by atoms with van der Waals surface area (Å²) in [7, 11) is 0. The molecule has 9 heteroatoms. The van der Waals surface area contributed by atoms with Gasteiger partial charge in [-0.1, -0.05) is 29.5 Å². The molecule has 31 heavy (non-hydrogen) atoms. The molecule has 0 unspecified atom stereocenters. The zero-order chi connectivity index (χ0) is 22.4. The number of benzene rings is 2. The monoisotopic (exact) mass is 452 g/mol. The molecule has 1 amide bonds. The van der Waals surface area contributed by atoms with Crippen LogP contribution in [0.3, 0.4) is 0 Å². The summed E-state index contributed by atoms with van der Waals surface area (Å²) in [6, 6.07) is 7.56. The minimum absolute atomic E-state index is 0.0322. The molecule has 1 saturated carbocycles. The SMILES string of the molecule is Nc1ccc(CO[C@H]2C(=O)Nc3ccc(Cl)cc3[C@@]2(C#CC2CC2)C(F)(F)F)cc1F. The van der Waals surface area contributed by atoms with Gasteiger partial charge in [0.1, 0.15) is 5.82 Å². The van der Waals surface area contributed by atoms with E-state index in [4.69, 9.17) is 22.1 Å². The number of fused-ring (bicyclic) bond motifs is 1. The lowest BCUT2D eigenvalue weighted by Gasteiger charge is -2.41. The van der Waals surface area contributed by atoms with Crippen molar-refractivity contribution in [3.8, 4) is 11.8 Å². The molecule has 2 aromatic carbocycles. The molecular formula is C22H17ClF4N2O2. The number of ether oxygens (including phenoxy) is 1. The fourth-order valence-corrected chi connectivity index (χ4v) is 3.65. The number of halogens is 5. The minimum Gasteiger partial charge on any atom is -0.396 e. The van der Waals surface area contributed by atoms with E-state index in [0.29, 0.717) is 12.8 Å². The average molecular weight is 453 g/mol. The summed E-state index contributed by atoms with van der Waals surface area (Å²) in [4.78, 5) is 12.8. The van der Waals surface area contributed by atoms with Crippen LogP contribution >= 0.6 is 11.6 Å². The number of anilines is 2. The van der Waals surface area contributed by atoms with E-state index >= 15 is 0 Å². The van der Waals surface area contributed by atoms with Crippen molar-refractivity contribution in [2.45, 2.75) is 37.1 Å². The van der Waals surface area contributed by atoms with E-state index in [1.807, 2.05) is 0 Å². The smallest absolute Gasteiger partial charge is 0.396 e. The van der Waals surface area contributed by atoms with Crippen LogP contribution in [-0.4, -0.2) is 18.2 Å². The number of carbonyl (C=O) groups is 1. The van der Waals surface area contributed by atoms with Gasteiger partial charge in [0.2, 0.25) is 0 Å². The number of hydrogen-bond acceptors (Lipinski definition) is 3. The molecule has 0 radical (unpaired) electrons. The Morgan fingerprint density at radius 3 is 2.61 bits per heavy atom. The standard InChI is InChI=1S/C22H17ClF4N2O2/c23-14-4-6-18-15(10-14)21(22(25,26)27,8-7-12-1-2-12)19(20(30)29-18)31-11-13-3-5-17(28)16(24)9-13/h3-6,9-10,12,19H,1-2,11,28H2,(H,29,30)/t19-,21+/m0/s1. The summed E-state index contributed by atoms with van der Waals surface area (Å²) in [6.45, 7) is -0.450. The van der Waals surface area contributed by atoms with E-state index in [1.165, 1.54) is 24.3 Å². The highest BCUT2D eigenvalue weighted by Crippen LogP contribution is 2.51. The number of carbonyl (C=O) groups excluding carboxylic acids is 1. The summed E-state index contributed by atoms with van der Waals surface area (Å²) in [5.41, 5.74) is 2.31. The summed E-state index contributed by atoms with van der Waals surface area (Å²) in [5.74, 6) is 3.11. The van der Waals surface area contributed by atoms with Crippen LogP contribution in [0.2, 0.25) is 5.02 Å². The fraction of sp³-hybridized carbons (Fsp3) is 0.318. The Kier molecular flexibility index (Phi) is 5.36. The largest absolute Gasteiger partial charge is 0.412 e. The third-order valence-corrected chi connectivity index (χ3v) is 5.51. The lowest BCUT2D eigenvalue weighted by Crippen LogP contribution is -2.59. The molecule has 0 bridgehead atoms. The van der Waals surface area contributed by atoms with Crippen LogP contribution < -0.4 is 11.1 Å². The normalized spacial score (nSPS) is 22.9. The van der Waals surface area contributed by atoms with Gasteiger partial charge in [0.25, 0.3) is 5.91 Å². The second-order valence-electron chi connectivity index (χ2n) is 7.58. The molecule has 1 aliphatic carbocycles. The second-order valence-corrected chi connectivity index (χ2v) is 8.01. The number of rotatable bonds is 3. The third kappa shape index (κ3) is 3.95. The summed E-state index contributed by atoms with van der Waals surface area (Å²) >= 11 is 6.00. The Bertz CT molecular complexity index is 1100. The maximum absolute atomic E-state index is 14.7. The number of hydrogen-bond donors (Lipinski definition) is 2. The van der Waals surface area contributed by atoms with E-state index < -0.39 is 36.0 Å². The molecule has 2 aromatic rings. The third-order valence-electron chi connectivity index (χ3n) is 5.28. The first-order valence-corrected chi connectivity index (χ1v) is 9.85. The van der Waals surface area contributed by atoms with Crippen molar-refractivity contribution in [1.82, 2.24) is 0 Å². The first kappa shape index (κ1) is 21.5. The van der Waals surface area contributed by atoms with Crippen molar-refractivity contribution < 1.29 is 27.1 Å². The Morgan fingerprint density at radius 1 is 1.23 bits per heavy atom. The van der Waals surface area contributed by atoms with Crippen LogP contribution in [-0.2, 0) is 21.6 Å². The molecule has 4 rings (SSSR count). The van der Waals surface area contributed by atoms with Crippen molar-refractivity contribution in [2.24, 2.45) is 5.92 Å². The van der Waals surface area contributed by atoms with Crippen LogP contribution in [0.25, 0.3) is 0 Å². The Labute approximate surface area is 180 Å². The number of nitrogens with one attached hydrogen (secondary N) is 1. The summed E-state index contributed by atoms with van der Waals surface area (Å²) < 4.78 is 63.2. The van der Waals surface area contributed by atoms with Gasteiger partial charge in [0, 0.05) is 22.2 Å². The highest BCUT2D eigenvalue weighted by molar-refractivity contribution is 6.30. The van der Waals surface area contributed by atoms with E-state index in [-0.39, 0.29) is 33.4 Å². The van der Waals surface area contributed by atoms with Gasteiger partial charge in [-0.15, -0.1) is 0 Å². The first-order chi connectivity index (χ1) is 14.6. The minimum atomic E-state index is -4.96. The van der Waals surface area contributed by atoms with Gasteiger partial charge in [-0.05, 0) is 48.7 Å². The number of nitrogens with two attached hydrogens (primary N) is 1. The Hall–Kier alpha value is -2.76.